The molecule has 0 bridgehead atoms. The summed E-state index contributed by atoms with van der Waals surface area (Å²) >= 11 is 12.2. The van der Waals surface area contributed by atoms with Crippen LogP contribution in [-0.4, -0.2) is 71.9 Å². The van der Waals surface area contributed by atoms with Gasteiger partial charge in [0.1, 0.15) is 11.5 Å². The maximum atomic E-state index is 14.4. The van der Waals surface area contributed by atoms with Crippen LogP contribution >= 0.6 is 23.2 Å². The van der Waals surface area contributed by atoms with E-state index in [0.717, 1.165) is 24.3 Å². The van der Waals surface area contributed by atoms with Crippen LogP contribution in [0.15, 0.2) is 97.1 Å². The minimum atomic E-state index is -4.77. The Morgan fingerprint density at radius 1 is 0.517 bits per heavy atom. The summed E-state index contributed by atoms with van der Waals surface area (Å²) in [5.41, 5.74) is -2.11. The molecule has 0 spiro atoms. The second-order valence-electron chi connectivity index (χ2n) is 13.9. The van der Waals surface area contributed by atoms with Gasteiger partial charge in [0.25, 0.3) is 11.8 Å². The highest BCUT2D eigenvalue weighted by Crippen LogP contribution is 2.36. The van der Waals surface area contributed by atoms with E-state index in [2.05, 4.69) is 0 Å². The Morgan fingerprint density at radius 2 is 0.850 bits per heavy atom. The number of ether oxygens (including phenoxy) is 4. The SMILES string of the molecule is O=C(OC(C(=O)N1CCCC1)C(OC(=O)C(Oc1cccc(C(F)(F)F)c1)c1ccc(Cl)cc1)C(=O)N1CCCC1)C(Oc1cccc(C(F)(F)F)c1)c1ccc(Cl)cc1. The number of likely N-dealkylation sites (tertiary alicyclic amines) is 2. The lowest BCUT2D eigenvalue weighted by Crippen LogP contribution is -2.55. The molecule has 2 saturated heterocycles. The molecule has 4 unspecified atom stereocenters. The molecule has 0 radical (unpaired) electrons. The van der Waals surface area contributed by atoms with Crippen LogP contribution < -0.4 is 9.47 Å². The van der Waals surface area contributed by atoms with Gasteiger partial charge in [0.05, 0.1) is 11.1 Å². The Hall–Kier alpha value is -5.48. The molecule has 0 saturated carbocycles. The van der Waals surface area contributed by atoms with Crippen LogP contribution in [0.3, 0.4) is 0 Å². The van der Waals surface area contributed by atoms with Crippen molar-refractivity contribution < 1.29 is 64.5 Å². The number of halogens is 8. The van der Waals surface area contributed by atoms with E-state index in [9.17, 15) is 45.5 Å². The third-order valence-electron chi connectivity index (χ3n) is 9.69. The van der Waals surface area contributed by atoms with E-state index in [1.807, 2.05) is 0 Å². The summed E-state index contributed by atoms with van der Waals surface area (Å²) in [4.78, 5) is 60.1. The van der Waals surface area contributed by atoms with Gasteiger partial charge in [-0.25, -0.2) is 9.59 Å². The predicted molar refractivity (Wildman–Crippen MR) is 204 cm³/mol. The number of nitrogens with zero attached hydrogens (tertiary/aromatic N) is 2. The quantitative estimate of drug-likeness (QED) is 0.0967. The fourth-order valence-corrected chi connectivity index (χ4v) is 6.89. The zero-order valence-corrected chi connectivity index (χ0v) is 32.9. The third kappa shape index (κ3) is 11.0. The van der Waals surface area contributed by atoms with Crippen LogP contribution in [0.4, 0.5) is 26.3 Å². The molecule has 2 aliphatic rings. The van der Waals surface area contributed by atoms with E-state index in [1.165, 1.54) is 70.5 Å². The number of carbonyl (C=O) groups is 4. The second kappa shape index (κ2) is 18.8. The molecule has 4 aromatic rings. The van der Waals surface area contributed by atoms with Gasteiger partial charge in [0.15, 0.2) is 0 Å². The molecule has 0 aliphatic carbocycles. The standard InChI is InChI=1S/C42H36Cl2F6N2O8/c43-29-15-11-25(12-16-29)33(57-31-9-5-7-27(23-31)41(45,46)47)39(55)59-35(37(53)51-19-1-2-20-51)36(38(54)52-21-3-4-22-52)60-40(56)34(26-13-17-30(44)18-14-26)58-32-10-6-8-28(24-32)42(48,49)50/h5-18,23-24,33-36H,1-4,19-22H2. The highest BCUT2D eigenvalue weighted by atomic mass is 35.5. The smallest absolute Gasteiger partial charge is 0.416 e. The van der Waals surface area contributed by atoms with E-state index >= 15 is 0 Å². The number of rotatable bonds is 13. The Labute approximate surface area is 349 Å². The molecule has 60 heavy (non-hydrogen) atoms. The van der Waals surface area contributed by atoms with Crippen LogP contribution in [-0.2, 0) is 41.0 Å². The Morgan fingerprint density at radius 3 is 1.17 bits per heavy atom. The summed E-state index contributed by atoms with van der Waals surface area (Å²) < 4.78 is 105. The molecular formula is C42H36Cl2F6N2O8. The zero-order chi connectivity index (χ0) is 43.2. The van der Waals surface area contributed by atoms with Crippen molar-refractivity contribution >= 4 is 47.0 Å². The van der Waals surface area contributed by atoms with Gasteiger partial charge < -0.3 is 28.7 Å². The number of esters is 2. The number of benzene rings is 4. The van der Waals surface area contributed by atoms with Crippen LogP contribution in [0, 0.1) is 0 Å². The largest absolute Gasteiger partial charge is 0.474 e. The first-order valence-corrected chi connectivity index (χ1v) is 19.4. The summed E-state index contributed by atoms with van der Waals surface area (Å²) in [5.74, 6) is -5.37. The van der Waals surface area contributed by atoms with E-state index in [0.29, 0.717) is 37.8 Å². The predicted octanol–water partition coefficient (Wildman–Crippen LogP) is 9.04. The lowest BCUT2D eigenvalue weighted by Gasteiger charge is -2.32. The van der Waals surface area contributed by atoms with Crippen molar-refractivity contribution in [3.8, 4) is 11.5 Å². The fourth-order valence-electron chi connectivity index (χ4n) is 6.64. The Bertz CT molecular complexity index is 2010. The molecule has 2 fully saturated rings. The third-order valence-corrected chi connectivity index (χ3v) is 10.2. The first kappa shape index (κ1) is 44.1. The van der Waals surface area contributed by atoms with Gasteiger partial charge in [-0.1, -0.05) is 59.6 Å². The molecule has 318 valence electrons. The van der Waals surface area contributed by atoms with Crippen molar-refractivity contribution in [3.63, 3.8) is 0 Å². The Balaban J connectivity index is 1.40. The summed E-state index contributed by atoms with van der Waals surface area (Å²) in [5, 5.41) is 0.468. The molecule has 4 aromatic carbocycles. The van der Waals surface area contributed by atoms with Gasteiger partial charge in [-0.05, 0) is 86.3 Å². The maximum Gasteiger partial charge on any atom is 0.416 e. The van der Waals surface area contributed by atoms with Crippen molar-refractivity contribution in [3.05, 3.63) is 129 Å². The molecule has 2 aliphatic heterocycles. The highest BCUT2D eigenvalue weighted by molar-refractivity contribution is 6.30. The van der Waals surface area contributed by atoms with Crippen LogP contribution in [0.5, 0.6) is 11.5 Å². The van der Waals surface area contributed by atoms with E-state index in [1.54, 1.807) is 0 Å². The van der Waals surface area contributed by atoms with Crippen molar-refractivity contribution in [2.45, 2.75) is 62.5 Å². The normalized spacial score (nSPS) is 16.4. The number of carbonyl (C=O) groups excluding carboxylic acids is 4. The molecule has 6 rings (SSSR count). The number of amides is 2. The van der Waals surface area contributed by atoms with Gasteiger partial charge in [-0.15, -0.1) is 0 Å². The molecule has 4 atom stereocenters. The molecule has 2 heterocycles. The van der Waals surface area contributed by atoms with Gasteiger partial charge in [-0.2, -0.15) is 26.3 Å². The van der Waals surface area contributed by atoms with Crippen LogP contribution in [0.25, 0.3) is 0 Å². The van der Waals surface area contributed by atoms with Crippen LogP contribution in [0.2, 0.25) is 10.0 Å². The van der Waals surface area contributed by atoms with E-state index in [4.69, 9.17) is 42.1 Å². The number of hydrogen-bond acceptors (Lipinski definition) is 8. The van der Waals surface area contributed by atoms with Crippen molar-refractivity contribution in [2.75, 3.05) is 26.2 Å². The number of hydrogen-bond donors (Lipinski definition) is 0. The second-order valence-corrected chi connectivity index (χ2v) is 14.8. The molecule has 10 nitrogen and oxygen atoms in total. The fraction of sp³-hybridized carbons (Fsp3) is 0.333. The van der Waals surface area contributed by atoms with Crippen molar-refractivity contribution in [1.29, 1.82) is 0 Å². The highest BCUT2D eigenvalue weighted by Gasteiger charge is 2.47. The van der Waals surface area contributed by atoms with E-state index < -0.39 is 83.1 Å². The lowest BCUT2D eigenvalue weighted by atomic mass is 10.1. The minimum absolute atomic E-state index is 0.0332. The van der Waals surface area contributed by atoms with Crippen molar-refractivity contribution in [1.82, 2.24) is 9.80 Å². The first-order valence-electron chi connectivity index (χ1n) is 18.7. The molecule has 18 heteroatoms. The summed E-state index contributed by atoms with van der Waals surface area (Å²) in [6.45, 7) is 0.718. The monoisotopic (exact) mass is 880 g/mol. The minimum Gasteiger partial charge on any atom is -0.474 e. The maximum absolute atomic E-state index is 14.4. The van der Waals surface area contributed by atoms with E-state index in [-0.39, 0.29) is 47.4 Å². The number of alkyl halides is 6. The average molecular weight is 882 g/mol. The molecular weight excluding hydrogens is 845 g/mol. The molecule has 0 N–H and O–H groups in total. The van der Waals surface area contributed by atoms with Gasteiger partial charge >= 0.3 is 24.3 Å². The topological polar surface area (TPSA) is 112 Å². The summed E-state index contributed by atoms with van der Waals surface area (Å²) in [6.07, 6.45) is -15.4. The zero-order valence-electron chi connectivity index (χ0n) is 31.4. The van der Waals surface area contributed by atoms with Crippen LogP contribution in [0.1, 0.15) is 60.1 Å². The van der Waals surface area contributed by atoms with Gasteiger partial charge in [0, 0.05) is 47.4 Å². The lowest BCUT2D eigenvalue weighted by molar-refractivity contribution is -0.188. The van der Waals surface area contributed by atoms with Gasteiger partial charge in [-0.3, -0.25) is 9.59 Å². The summed E-state index contributed by atoms with van der Waals surface area (Å²) in [6, 6.07) is 18.2. The summed E-state index contributed by atoms with van der Waals surface area (Å²) in [7, 11) is 0. The molecule has 2 amide bonds. The Kier molecular flexibility index (Phi) is 13.8. The van der Waals surface area contributed by atoms with Crippen molar-refractivity contribution in [2.24, 2.45) is 0 Å². The van der Waals surface area contributed by atoms with Gasteiger partial charge in [0.2, 0.25) is 24.4 Å². The average Bonchev–Trinajstić information content (AvgIpc) is 3.97. The first-order chi connectivity index (χ1) is 28.5. The molecule has 0 aromatic heterocycles.